The molecule has 2 aromatic rings. The highest BCUT2D eigenvalue weighted by molar-refractivity contribution is 5.89. The van der Waals surface area contributed by atoms with Crippen molar-refractivity contribution < 1.29 is 23.7 Å². The van der Waals surface area contributed by atoms with Gasteiger partial charge in [0.2, 0.25) is 5.91 Å². The maximum atomic E-state index is 11.6. The van der Waals surface area contributed by atoms with Gasteiger partial charge in [-0.2, -0.15) is 0 Å². The molecule has 0 bridgehead atoms. The van der Waals surface area contributed by atoms with Gasteiger partial charge < -0.3 is 24.3 Å². The Morgan fingerprint density at radius 3 is 2.52 bits per heavy atom. The van der Waals surface area contributed by atoms with Crippen molar-refractivity contribution in [1.29, 1.82) is 0 Å². The molecule has 0 radical (unpaired) electrons. The van der Waals surface area contributed by atoms with Crippen LogP contribution in [0.25, 0.3) is 0 Å². The first-order chi connectivity index (χ1) is 16.0. The highest BCUT2D eigenvalue weighted by atomic mass is 16.7. The second-order valence-electron chi connectivity index (χ2n) is 8.12. The number of hydrogen-bond donors (Lipinski definition) is 1. The minimum atomic E-state index is -0.136. The Bertz CT molecular complexity index is 855. The largest absolute Gasteiger partial charge is 0.489 e. The van der Waals surface area contributed by atoms with E-state index in [2.05, 4.69) is 18.8 Å². The third kappa shape index (κ3) is 9.38. The molecule has 0 fully saturated rings. The predicted octanol–water partition coefficient (Wildman–Crippen LogP) is 5.37. The van der Waals surface area contributed by atoms with E-state index in [4.69, 9.17) is 18.9 Å². The molecule has 0 heterocycles. The number of methoxy groups -OCH3 is 2. The zero-order valence-electron chi connectivity index (χ0n) is 20.2. The van der Waals surface area contributed by atoms with Crippen LogP contribution in [0.5, 0.6) is 5.75 Å². The summed E-state index contributed by atoms with van der Waals surface area (Å²) in [5.74, 6) is 0.744. The molecular formula is C27H37NO5. The molecule has 0 spiro atoms. The summed E-state index contributed by atoms with van der Waals surface area (Å²) in [7, 11) is 3.31. The molecule has 0 saturated carbocycles. The van der Waals surface area contributed by atoms with Crippen molar-refractivity contribution in [3.8, 4) is 5.75 Å². The third-order valence-corrected chi connectivity index (χ3v) is 5.43. The maximum absolute atomic E-state index is 11.6. The van der Waals surface area contributed by atoms with Gasteiger partial charge in [-0.05, 0) is 42.5 Å². The molecule has 0 aliphatic carbocycles. The van der Waals surface area contributed by atoms with Crippen LogP contribution in [0.3, 0.4) is 0 Å². The summed E-state index contributed by atoms with van der Waals surface area (Å²) >= 11 is 0. The zero-order valence-corrected chi connectivity index (χ0v) is 20.2. The number of rotatable bonds is 15. The monoisotopic (exact) mass is 455 g/mol. The van der Waals surface area contributed by atoms with E-state index in [0.717, 1.165) is 41.8 Å². The molecule has 6 heteroatoms. The number of hydrogen-bond acceptors (Lipinski definition) is 5. The van der Waals surface area contributed by atoms with Gasteiger partial charge in [0.05, 0.1) is 12.2 Å². The number of ether oxygens (including phenoxy) is 4. The second-order valence-corrected chi connectivity index (χ2v) is 8.12. The van der Waals surface area contributed by atoms with Gasteiger partial charge in [0.1, 0.15) is 19.1 Å². The first kappa shape index (κ1) is 26.6. The zero-order chi connectivity index (χ0) is 24.1. The molecule has 33 heavy (non-hydrogen) atoms. The van der Waals surface area contributed by atoms with E-state index in [0.29, 0.717) is 6.61 Å². The fraction of sp³-hybridized carbons (Fsp3) is 0.444. The first-order valence-electron chi connectivity index (χ1n) is 11.3. The summed E-state index contributed by atoms with van der Waals surface area (Å²) in [6.07, 6.45) is 4.17. The van der Waals surface area contributed by atoms with Crippen LogP contribution in [0.4, 0.5) is 5.69 Å². The lowest BCUT2D eigenvalue weighted by molar-refractivity contribution is -0.134. The van der Waals surface area contributed by atoms with Crippen LogP contribution in [-0.2, 0) is 32.0 Å². The van der Waals surface area contributed by atoms with Gasteiger partial charge in [-0.15, -0.1) is 6.58 Å². The molecule has 1 amide bonds. The lowest BCUT2D eigenvalue weighted by Gasteiger charge is -2.29. The highest BCUT2D eigenvalue weighted by Gasteiger charge is 2.26. The lowest BCUT2D eigenvalue weighted by Crippen LogP contribution is -2.36. The summed E-state index contributed by atoms with van der Waals surface area (Å²) in [5, 5.41) is 2.87. The van der Waals surface area contributed by atoms with Gasteiger partial charge in [0.25, 0.3) is 0 Å². The molecule has 6 nitrogen and oxygen atoms in total. The van der Waals surface area contributed by atoms with Crippen molar-refractivity contribution in [2.45, 2.75) is 51.9 Å². The van der Waals surface area contributed by atoms with Crippen molar-refractivity contribution in [3.05, 3.63) is 72.3 Å². The number of carbonyl (C=O) groups is 1. The molecule has 1 N–H and O–H groups in total. The predicted molar refractivity (Wildman–Crippen MR) is 131 cm³/mol. The van der Waals surface area contributed by atoms with E-state index in [1.807, 2.05) is 54.6 Å². The highest BCUT2D eigenvalue weighted by Crippen LogP contribution is 2.25. The van der Waals surface area contributed by atoms with Crippen LogP contribution < -0.4 is 10.1 Å². The summed E-state index contributed by atoms with van der Waals surface area (Å²) in [4.78, 5) is 11.6. The fourth-order valence-electron chi connectivity index (χ4n) is 3.71. The summed E-state index contributed by atoms with van der Waals surface area (Å²) < 4.78 is 22.7. The number of amides is 1. The van der Waals surface area contributed by atoms with Crippen LogP contribution in [0, 0.1) is 5.92 Å². The Labute approximate surface area is 197 Å². The Kier molecular flexibility index (Phi) is 11.7. The molecule has 0 unspecified atom stereocenters. The Hall–Kier alpha value is -2.67. The van der Waals surface area contributed by atoms with Gasteiger partial charge in [0, 0.05) is 38.8 Å². The van der Waals surface area contributed by atoms with E-state index in [1.165, 1.54) is 6.92 Å². The molecule has 0 aromatic heterocycles. The van der Waals surface area contributed by atoms with Crippen LogP contribution in [0.15, 0.2) is 61.2 Å². The molecule has 3 atom stereocenters. The average Bonchev–Trinajstić information content (AvgIpc) is 2.81. The van der Waals surface area contributed by atoms with Gasteiger partial charge in [-0.3, -0.25) is 4.79 Å². The molecule has 180 valence electrons. The van der Waals surface area contributed by atoms with E-state index < -0.39 is 0 Å². The summed E-state index contributed by atoms with van der Waals surface area (Å²) in [6.45, 7) is 8.13. The van der Waals surface area contributed by atoms with Gasteiger partial charge in [0.15, 0.2) is 0 Å². The smallest absolute Gasteiger partial charge is 0.221 e. The summed E-state index contributed by atoms with van der Waals surface area (Å²) in [6, 6.07) is 15.9. The van der Waals surface area contributed by atoms with Crippen LogP contribution in [0.2, 0.25) is 0 Å². The van der Waals surface area contributed by atoms with Gasteiger partial charge >= 0.3 is 0 Å². The van der Waals surface area contributed by atoms with Crippen molar-refractivity contribution in [2.24, 2.45) is 5.92 Å². The van der Waals surface area contributed by atoms with Crippen molar-refractivity contribution in [1.82, 2.24) is 0 Å². The fourth-order valence-corrected chi connectivity index (χ4v) is 3.71. The number of aryl methyl sites for hydroxylation is 1. The van der Waals surface area contributed by atoms with E-state index in [9.17, 15) is 4.79 Å². The first-order valence-corrected chi connectivity index (χ1v) is 11.3. The molecular weight excluding hydrogens is 418 g/mol. The van der Waals surface area contributed by atoms with E-state index in [1.54, 1.807) is 14.2 Å². The standard InChI is InChI=1S/C27H37NO5/c1-6-20(2)27(33-19-30-4)26(31-5)14-10-13-23-15-24(28-21(3)29)17-25(16-23)32-18-22-11-8-7-9-12-22/h6-9,11-12,15-17,20,26-27H,1,10,13-14,18-19H2,2-5H3,(H,28,29)/t20-,26-,27+/m0/s1. The molecule has 2 aromatic carbocycles. The van der Waals surface area contributed by atoms with Crippen molar-refractivity contribution in [2.75, 3.05) is 26.3 Å². The van der Waals surface area contributed by atoms with Crippen LogP contribution >= 0.6 is 0 Å². The maximum Gasteiger partial charge on any atom is 0.221 e. The molecule has 0 aliphatic rings. The third-order valence-electron chi connectivity index (χ3n) is 5.43. The Morgan fingerprint density at radius 1 is 1.12 bits per heavy atom. The topological polar surface area (TPSA) is 66.0 Å². The number of carbonyl (C=O) groups excluding carboxylic acids is 1. The number of anilines is 1. The second kappa shape index (κ2) is 14.5. The summed E-state index contributed by atoms with van der Waals surface area (Å²) in [5.41, 5.74) is 2.91. The lowest BCUT2D eigenvalue weighted by atomic mass is 9.95. The minimum Gasteiger partial charge on any atom is -0.489 e. The van der Waals surface area contributed by atoms with E-state index in [-0.39, 0.29) is 30.8 Å². The SMILES string of the molecule is C=C[C@H](C)[C@@H](OCOC)[C@H](CCCc1cc(NC(C)=O)cc(OCc2ccccc2)c1)OC. The van der Waals surface area contributed by atoms with Crippen molar-refractivity contribution >= 4 is 11.6 Å². The average molecular weight is 456 g/mol. The van der Waals surface area contributed by atoms with Crippen LogP contribution in [0.1, 0.15) is 37.8 Å². The number of nitrogens with one attached hydrogen (secondary N) is 1. The Morgan fingerprint density at radius 2 is 1.88 bits per heavy atom. The Balaban J connectivity index is 2.06. The normalized spacial score (nSPS) is 13.7. The van der Waals surface area contributed by atoms with Gasteiger partial charge in [-0.25, -0.2) is 0 Å². The quantitative estimate of drug-likeness (QED) is 0.289. The molecule has 0 aliphatic heterocycles. The molecule has 0 saturated heterocycles. The van der Waals surface area contributed by atoms with Gasteiger partial charge in [-0.1, -0.05) is 43.3 Å². The minimum absolute atomic E-state index is 0.0829. The van der Waals surface area contributed by atoms with Crippen molar-refractivity contribution in [3.63, 3.8) is 0 Å². The number of benzene rings is 2. The van der Waals surface area contributed by atoms with E-state index >= 15 is 0 Å². The molecule has 2 rings (SSSR count). The van der Waals surface area contributed by atoms with Crippen LogP contribution in [-0.4, -0.2) is 39.1 Å².